The van der Waals surface area contributed by atoms with Crippen molar-refractivity contribution in [3.8, 4) is 0 Å². The van der Waals surface area contributed by atoms with Crippen LogP contribution in [0.15, 0.2) is 60.0 Å². The van der Waals surface area contributed by atoms with Gasteiger partial charge in [-0.3, -0.25) is 14.5 Å². The van der Waals surface area contributed by atoms with Crippen LogP contribution in [0.25, 0.3) is 0 Å². The highest BCUT2D eigenvalue weighted by Gasteiger charge is 2.35. The maximum absolute atomic E-state index is 13.6. The van der Waals surface area contributed by atoms with Crippen molar-refractivity contribution in [3.05, 3.63) is 76.8 Å². The van der Waals surface area contributed by atoms with Gasteiger partial charge < -0.3 is 5.32 Å². The van der Waals surface area contributed by atoms with Gasteiger partial charge in [-0.15, -0.1) is 5.10 Å². The van der Waals surface area contributed by atoms with Crippen LogP contribution < -0.4 is 10.2 Å². The number of nitrogens with one attached hydrogen (secondary N) is 1. The van der Waals surface area contributed by atoms with Gasteiger partial charge in [0.05, 0.1) is 0 Å². The molecular formula is C24H26N4O2S. The topological polar surface area (TPSA) is 75.2 Å². The van der Waals surface area contributed by atoms with Crippen LogP contribution in [0.5, 0.6) is 0 Å². The van der Waals surface area contributed by atoms with Crippen molar-refractivity contribution >= 4 is 29.0 Å². The van der Waals surface area contributed by atoms with Crippen molar-refractivity contribution in [2.45, 2.75) is 51.1 Å². The highest BCUT2D eigenvalue weighted by molar-refractivity contribution is 7.03. The van der Waals surface area contributed by atoms with Gasteiger partial charge in [0, 0.05) is 17.1 Å². The predicted molar refractivity (Wildman–Crippen MR) is 122 cm³/mol. The first-order valence-corrected chi connectivity index (χ1v) is 11.5. The molecule has 1 aliphatic rings. The third kappa shape index (κ3) is 4.99. The molecule has 1 N–H and O–H groups in total. The lowest BCUT2D eigenvalue weighted by Crippen LogP contribution is -2.47. The molecule has 1 saturated carbocycles. The highest BCUT2D eigenvalue weighted by Crippen LogP contribution is 2.30. The molecule has 1 aromatic heterocycles. The monoisotopic (exact) mass is 434 g/mol. The van der Waals surface area contributed by atoms with Crippen LogP contribution in [0.3, 0.4) is 0 Å². The number of anilines is 1. The Balaban J connectivity index is 1.76. The molecule has 0 bridgehead atoms. The number of benzene rings is 2. The number of hydrogen-bond acceptors (Lipinski definition) is 5. The zero-order valence-corrected chi connectivity index (χ0v) is 18.3. The van der Waals surface area contributed by atoms with Crippen molar-refractivity contribution in [2.75, 3.05) is 4.90 Å². The summed E-state index contributed by atoms with van der Waals surface area (Å²) in [4.78, 5) is 28.7. The minimum absolute atomic E-state index is 0.142. The van der Waals surface area contributed by atoms with E-state index in [4.69, 9.17) is 0 Å². The Bertz CT molecular complexity index is 1000. The second kappa shape index (κ2) is 9.83. The molecule has 3 aromatic rings. The molecule has 2 amide bonds. The van der Waals surface area contributed by atoms with E-state index in [-0.39, 0.29) is 23.6 Å². The number of carbonyl (C=O) groups excluding carboxylic acids is 2. The van der Waals surface area contributed by atoms with E-state index in [2.05, 4.69) is 14.9 Å². The first-order chi connectivity index (χ1) is 15.1. The smallest absolute Gasteiger partial charge is 0.280 e. The summed E-state index contributed by atoms with van der Waals surface area (Å²) >= 11 is 1.12. The summed E-state index contributed by atoms with van der Waals surface area (Å²) < 4.78 is 3.85. The van der Waals surface area contributed by atoms with Crippen LogP contribution in [0.2, 0.25) is 0 Å². The van der Waals surface area contributed by atoms with Gasteiger partial charge in [0.2, 0.25) is 5.91 Å². The Labute approximate surface area is 186 Å². The van der Waals surface area contributed by atoms with Crippen LogP contribution in [0, 0.1) is 6.92 Å². The highest BCUT2D eigenvalue weighted by atomic mass is 32.1. The fraction of sp³-hybridized carbons (Fsp3) is 0.333. The minimum Gasteiger partial charge on any atom is -0.351 e. The van der Waals surface area contributed by atoms with E-state index in [0.29, 0.717) is 5.69 Å². The van der Waals surface area contributed by atoms with Gasteiger partial charge in [0.25, 0.3) is 5.91 Å². The number of aromatic nitrogens is 2. The van der Waals surface area contributed by atoms with Crippen LogP contribution in [0.4, 0.5) is 5.69 Å². The van der Waals surface area contributed by atoms with E-state index < -0.39 is 6.04 Å². The van der Waals surface area contributed by atoms with Gasteiger partial charge in [0.1, 0.15) is 6.04 Å². The quantitative estimate of drug-likeness (QED) is 0.611. The Morgan fingerprint density at radius 2 is 1.74 bits per heavy atom. The van der Waals surface area contributed by atoms with Crippen molar-refractivity contribution in [3.63, 3.8) is 0 Å². The maximum atomic E-state index is 13.6. The van der Waals surface area contributed by atoms with E-state index in [1.165, 1.54) is 6.42 Å². The fourth-order valence-electron chi connectivity index (χ4n) is 4.05. The van der Waals surface area contributed by atoms with E-state index in [1.54, 1.807) is 10.3 Å². The fourth-order valence-corrected chi connectivity index (χ4v) is 4.48. The molecule has 7 heteroatoms. The van der Waals surface area contributed by atoms with E-state index in [1.807, 2.05) is 61.5 Å². The molecule has 0 radical (unpaired) electrons. The predicted octanol–water partition coefficient (Wildman–Crippen LogP) is 4.68. The summed E-state index contributed by atoms with van der Waals surface area (Å²) in [6.07, 6.45) is 5.39. The molecule has 31 heavy (non-hydrogen) atoms. The lowest BCUT2D eigenvalue weighted by atomic mass is 9.94. The van der Waals surface area contributed by atoms with Gasteiger partial charge in [-0.05, 0) is 49.0 Å². The number of amides is 2. The van der Waals surface area contributed by atoms with Crippen LogP contribution in [-0.4, -0.2) is 27.4 Å². The SMILES string of the molecule is Cc1ccc(N(C(=O)c2csnn2)[C@@H](C(=O)NC2CCCCC2)c2ccccc2)cc1. The zero-order chi connectivity index (χ0) is 21.6. The molecule has 0 saturated heterocycles. The van der Waals surface area contributed by atoms with Crippen molar-refractivity contribution < 1.29 is 9.59 Å². The van der Waals surface area contributed by atoms with Gasteiger partial charge in [-0.1, -0.05) is 71.8 Å². The molecule has 1 heterocycles. The average molecular weight is 435 g/mol. The molecule has 4 rings (SSSR count). The summed E-state index contributed by atoms with van der Waals surface area (Å²) in [5, 5.41) is 8.81. The summed E-state index contributed by atoms with van der Waals surface area (Å²) in [5.74, 6) is -0.513. The van der Waals surface area contributed by atoms with Gasteiger partial charge in [0.15, 0.2) is 5.69 Å². The first kappa shape index (κ1) is 21.2. The second-order valence-corrected chi connectivity index (χ2v) is 8.57. The van der Waals surface area contributed by atoms with Crippen LogP contribution in [-0.2, 0) is 4.79 Å². The van der Waals surface area contributed by atoms with Gasteiger partial charge in [-0.25, -0.2) is 0 Å². The average Bonchev–Trinajstić information content (AvgIpc) is 3.34. The van der Waals surface area contributed by atoms with Gasteiger partial charge in [-0.2, -0.15) is 0 Å². The summed E-state index contributed by atoms with van der Waals surface area (Å²) in [7, 11) is 0. The molecule has 1 aliphatic carbocycles. The van der Waals surface area contributed by atoms with Crippen molar-refractivity contribution in [1.29, 1.82) is 0 Å². The second-order valence-electron chi connectivity index (χ2n) is 7.96. The number of nitrogens with zero attached hydrogens (tertiary/aromatic N) is 3. The lowest BCUT2D eigenvalue weighted by molar-refractivity contribution is -0.123. The van der Waals surface area contributed by atoms with E-state index in [0.717, 1.165) is 48.3 Å². The van der Waals surface area contributed by atoms with Crippen LogP contribution >= 0.6 is 11.5 Å². The zero-order valence-electron chi connectivity index (χ0n) is 17.5. The van der Waals surface area contributed by atoms with Crippen molar-refractivity contribution in [2.24, 2.45) is 0 Å². The van der Waals surface area contributed by atoms with E-state index in [9.17, 15) is 9.59 Å². The summed E-state index contributed by atoms with van der Waals surface area (Å²) in [5.41, 5.74) is 2.72. The molecule has 0 unspecified atom stereocenters. The molecule has 1 fully saturated rings. The maximum Gasteiger partial charge on any atom is 0.280 e. The summed E-state index contributed by atoms with van der Waals surface area (Å²) in [6.45, 7) is 1.99. The number of carbonyl (C=O) groups is 2. The number of rotatable bonds is 6. The van der Waals surface area contributed by atoms with Gasteiger partial charge >= 0.3 is 0 Å². The molecule has 1 atom stereocenters. The summed E-state index contributed by atoms with van der Waals surface area (Å²) in [6, 6.07) is 16.4. The Hall–Kier alpha value is -3.06. The molecule has 0 aliphatic heterocycles. The molecule has 6 nitrogen and oxygen atoms in total. The molecule has 0 spiro atoms. The normalized spacial score (nSPS) is 15.3. The lowest BCUT2D eigenvalue weighted by Gasteiger charge is -2.33. The van der Waals surface area contributed by atoms with E-state index >= 15 is 0 Å². The Morgan fingerprint density at radius 3 is 2.39 bits per heavy atom. The first-order valence-electron chi connectivity index (χ1n) is 10.7. The van der Waals surface area contributed by atoms with Crippen LogP contribution in [0.1, 0.15) is 59.8 Å². The Morgan fingerprint density at radius 1 is 1.03 bits per heavy atom. The standard InChI is InChI=1S/C24H26N4O2S/c1-17-12-14-20(15-13-17)28(24(30)21-16-31-27-26-21)22(18-8-4-2-5-9-18)23(29)25-19-10-6-3-7-11-19/h2,4-5,8-9,12-16,19,22H,3,6-7,10-11H2,1H3,(H,25,29)/t22-/m1/s1. The third-order valence-electron chi connectivity index (χ3n) is 5.68. The van der Waals surface area contributed by atoms with Crippen molar-refractivity contribution in [1.82, 2.24) is 14.9 Å². The minimum atomic E-state index is -0.806. The third-order valence-corrected chi connectivity index (χ3v) is 6.19. The molecule has 160 valence electrons. The number of aryl methyl sites for hydroxylation is 1. The molecular weight excluding hydrogens is 408 g/mol. The largest absolute Gasteiger partial charge is 0.351 e. The Kier molecular flexibility index (Phi) is 6.72. The molecule has 2 aromatic carbocycles. The number of hydrogen-bond donors (Lipinski definition) is 1.